The molecule has 0 saturated carbocycles. The van der Waals surface area contributed by atoms with Crippen LogP contribution in [0.15, 0.2) is 12.2 Å². The lowest BCUT2D eigenvalue weighted by Crippen LogP contribution is -2.34. The lowest BCUT2D eigenvalue weighted by molar-refractivity contribution is -0.132. The molecular weight excluding hydrogens is 202 g/mol. The molecule has 0 aliphatic carbocycles. The highest BCUT2D eigenvalue weighted by molar-refractivity contribution is 5.85. The minimum Gasteiger partial charge on any atom is -0.478 e. The molecule has 94 valence electrons. The van der Waals surface area contributed by atoms with E-state index in [0.717, 1.165) is 26.1 Å². The molecule has 16 heavy (non-hydrogen) atoms. The van der Waals surface area contributed by atoms with E-state index in [-0.39, 0.29) is 5.41 Å². The van der Waals surface area contributed by atoms with Gasteiger partial charge in [0, 0.05) is 12.1 Å². The van der Waals surface area contributed by atoms with E-state index < -0.39 is 5.97 Å². The maximum atomic E-state index is 10.6. The van der Waals surface area contributed by atoms with Crippen LogP contribution in [0.5, 0.6) is 0 Å². The third-order valence-electron chi connectivity index (χ3n) is 2.95. The third-order valence-corrected chi connectivity index (χ3v) is 2.95. The van der Waals surface area contributed by atoms with E-state index in [1.807, 2.05) is 0 Å². The zero-order chi connectivity index (χ0) is 12.8. The van der Waals surface area contributed by atoms with Gasteiger partial charge in [-0.3, -0.25) is 0 Å². The van der Waals surface area contributed by atoms with E-state index in [0.29, 0.717) is 12.0 Å². The first kappa shape index (κ1) is 15.2. The quantitative estimate of drug-likeness (QED) is 0.648. The zero-order valence-electron chi connectivity index (χ0n) is 11.0. The van der Waals surface area contributed by atoms with Gasteiger partial charge in [-0.1, -0.05) is 34.3 Å². The molecule has 0 aliphatic heterocycles. The Balaban J connectivity index is 4.13. The molecule has 0 heterocycles. The molecule has 0 aromatic heterocycles. The van der Waals surface area contributed by atoms with Gasteiger partial charge in [-0.2, -0.15) is 0 Å². The number of carbonyl (C=O) groups is 1. The van der Waals surface area contributed by atoms with Crippen LogP contribution < -0.4 is 0 Å². The minimum absolute atomic E-state index is 0.143. The van der Waals surface area contributed by atoms with Gasteiger partial charge in [0.2, 0.25) is 0 Å². The molecule has 0 aliphatic rings. The first-order valence-electron chi connectivity index (χ1n) is 5.95. The molecule has 0 fully saturated rings. The second kappa shape index (κ2) is 6.69. The number of hydrogen-bond acceptors (Lipinski definition) is 2. The summed E-state index contributed by atoms with van der Waals surface area (Å²) in [6, 6.07) is 0. The van der Waals surface area contributed by atoms with E-state index in [1.54, 1.807) is 0 Å². The number of aliphatic carboxylic acids is 1. The third kappa shape index (κ3) is 5.91. The summed E-state index contributed by atoms with van der Waals surface area (Å²) in [6.07, 6.45) is 1.44. The highest BCUT2D eigenvalue weighted by Gasteiger charge is 2.21. The van der Waals surface area contributed by atoms with E-state index in [9.17, 15) is 4.79 Å². The Kier molecular flexibility index (Phi) is 6.34. The average molecular weight is 227 g/mol. The Morgan fingerprint density at radius 1 is 1.31 bits per heavy atom. The van der Waals surface area contributed by atoms with Crippen molar-refractivity contribution in [2.45, 2.75) is 40.5 Å². The molecule has 0 spiro atoms. The molecule has 0 rings (SSSR count). The van der Waals surface area contributed by atoms with Crippen molar-refractivity contribution in [1.82, 2.24) is 4.90 Å². The normalized spacial score (nSPS) is 11.8. The van der Waals surface area contributed by atoms with E-state index >= 15 is 0 Å². The van der Waals surface area contributed by atoms with Crippen molar-refractivity contribution in [2.24, 2.45) is 5.41 Å². The molecule has 1 N–H and O–H groups in total. The Hall–Kier alpha value is -0.830. The van der Waals surface area contributed by atoms with Crippen LogP contribution in [-0.4, -0.2) is 35.6 Å². The first-order valence-corrected chi connectivity index (χ1v) is 5.95. The fraction of sp³-hybridized carbons (Fsp3) is 0.769. The number of carboxylic acid groups (broad SMARTS) is 1. The van der Waals surface area contributed by atoms with Crippen LogP contribution in [0.25, 0.3) is 0 Å². The van der Waals surface area contributed by atoms with Crippen LogP contribution in [0.4, 0.5) is 0 Å². The van der Waals surface area contributed by atoms with Crippen molar-refractivity contribution in [1.29, 1.82) is 0 Å². The summed E-state index contributed by atoms with van der Waals surface area (Å²) in [6.45, 7) is 15.3. The summed E-state index contributed by atoms with van der Waals surface area (Å²) < 4.78 is 0. The van der Waals surface area contributed by atoms with Crippen LogP contribution >= 0.6 is 0 Å². The van der Waals surface area contributed by atoms with Crippen molar-refractivity contribution in [3.63, 3.8) is 0 Å². The fourth-order valence-electron chi connectivity index (χ4n) is 1.73. The highest BCUT2D eigenvalue weighted by atomic mass is 16.4. The number of nitrogens with zero attached hydrogens (tertiary/aromatic N) is 1. The SMILES string of the molecule is C=C(CCC(C)(C)CN(CC)CC)C(=O)O. The van der Waals surface area contributed by atoms with Gasteiger partial charge in [-0.15, -0.1) is 0 Å². The smallest absolute Gasteiger partial charge is 0.330 e. The molecule has 0 bridgehead atoms. The summed E-state index contributed by atoms with van der Waals surface area (Å²) in [5, 5.41) is 8.74. The Morgan fingerprint density at radius 3 is 2.19 bits per heavy atom. The fourth-order valence-corrected chi connectivity index (χ4v) is 1.73. The van der Waals surface area contributed by atoms with E-state index in [4.69, 9.17) is 5.11 Å². The highest BCUT2D eigenvalue weighted by Crippen LogP contribution is 2.25. The standard InChI is InChI=1S/C13H25NO2/c1-6-14(7-2)10-13(4,5)9-8-11(3)12(15)16/h3,6-10H2,1-2,4-5H3,(H,15,16). The number of hydrogen-bond donors (Lipinski definition) is 1. The zero-order valence-corrected chi connectivity index (χ0v) is 11.0. The molecule has 0 aromatic carbocycles. The summed E-state index contributed by atoms with van der Waals surface area (Å²) in [4.78, 5) is 13.0. The average Bonchev–Trinajstić information content (AvgIpc) is 2.22. The first-order chi connectivity index (χ1) is 7.32. The predicted octanol–water partition coefficient (Wildman–Crippen LogP) is 2.78. The summed E-state index contributed by atoms with van der Waals surface area (Å²) >= 11 is 0. The summed E-state index contributed by atoms with van der Waals surface area (Å²) in [5.74, 6) is -0.876. The van der Waals surface area contributed by atoms with Gasteiger partial charge < -0.3 is 10.0 Å². The maximum absolute atomic E-state index is 10.6. The minimum atomic E-state index is -0.876. The van der Waals surface area contributed by atoms with Gasteiger partial charge in [0.25, 0.3) is 0 Å². The van der Waals surface area contributed by atoms with Crippen LogP contribution in [0.2, 0.25) is 0 Å². The lowest BCUT2D eigenvalue weighted by Gasteiger charge is -2.31. The van der Waals surface area contributed by atoms with Gasteiger partial charge in [0.1, 0.15) is 0 Å². The summed E-state index contributed by atoms with van der Waals surface area (Å²) in [5.41, 5.74) is 0.456. The Morgan fingerprint density at radius 2 is 1.81 bits per heavy atom. The van der Waals surface area contributed by atoms with Crippen LogP contribution in [0.3, 0.4) is 0 Å². The monoisotopic (exact) mass is 227 g/mol. The molecule has 0 atom stereocenters. The molecule has 0 saturated heterocycles. The van der Waals surface area contributed by atoms with Crippen molar-refractivity contribution in [3.05, 3.63) is 12.2 Å². The van der Waals surface area contributed by atoms with Gasteiger partial charge in [0.15, 0.2) is 0 Å². The van der Waals surface area contributed by atoms with E-state index in [2.05, 4.69) is 39.2 Å². The van der Waals surface area contributed by atoms with E-state index in [1.165, 1.54) is 0 Å². The molecule has 0 unspecified atom stereocenters. The topological polar surface area (TPSA) is 40.5 Å². The van der Waals surface area contributed by atoms with Gasteiger partial charge in [-0.25, -0.2) is 4.79 Å². The van der Waals surface area contributed by atoms with Crippen LogP contribution in [0.1, 0.15) is 40.5 Å². The lowest BCUT2D eigenvalue weighted by atomic mass is 9.85. The number of carboxylic acids is 1. The van der Waals surface area contributed by atoms with Gasteiger partial charge >= 0.3 is 5.97 Å². The van der Waals surface area contributed by atoms with Crippen molar-refractivity contribution in [2.75, 3.05) is 19.6 Å². The molecule has 0 aromatic rings. The molecule has 3 nitrogen and oxygen atoms in total. The molecular formula is C13H25NO2. The van der Waals surface area contributed by atoms with Crippen molar-refractivity contribution in [3.8, 4) is 0 Å². The van der Waals surface area contributed by atoms with Crippen molar-refractivity contribution < 1.29 is 9.90 Å². The number of rotatable bonds is 8. The largest absolute Gasteiger partial charge is 0.478 e. The Bertz CT molecular complexity index is 242. The van der Waals surface area contributed by atoms with Crippen LogP contribution in [-0.2, 0) is 4.79 Å². The van der Waals surface area contributed by atoms with Gasteiger partial charge in [-0.05, 0) is 31.3 Å². The second-order valence-corrected chi connectivity index (χ2v) is 5.03. The summed E-state index contributed by atoms with van der Waals surface area (Å²) in [7, 11) is 0. The molecule has 3 heteroatoms. The van der Waals surface area contributed by atoms with Crippen LogP contribution in [0, 0.1) is 5.41 Å². The van der Waals surface area contributed by atoms with Gasteiger partial charge in [0.05, 0.1) is 0 Å². The molecule has 0 radical (unpaired) electrons. The predicted molar refractivity (Wildman–Crippen MR) is 67.6 cm³/mol. The Labute approximate surface area is 99.1 Å². The van der Waals surface area contributed by atoms with Crippen molar-refractivity contribution >= 4 is 5.97 Å². The maximum Gasteiger partial charge on any atom is 0.330 e. The molecule has 0 amide bonds. The second-order valence-electron chi connectivity index (χ2n) is 5.03.